The number of likely N-dealkylation sites (tertiary alicyclic amines) is 1. The molecule has 0 spiro atoms. The van der Waals surface area contributed by atoms with Gasteiger partial charge in [0.25, 0.3) is 0 Å². The van der Waals surface area contributed by atoms with Gasteiger partial charge in [-0.1, -0.05) is 33.4 Å². The second kappa shape index (κ2) is 13.3. The van der Waals surface area contributed by atoms with Crippen molar-refractivity contribution in [3.63, 3.8) is 0 Å². The van der Waals surface area contributed by atoms with E-state index in [2.05, 4.69) is 0 Å². The number of carboxylic acids is 1. The first-order chi connectivity index (χ1) is 11.8. The molecule has 1 aromatic carbocycles. The van der Waals surface area contributed by atoms with Crippen LogP contribution in [0, 0.1) is 0 Å². The van der Waals surface area contributed by atoms with Crippen LogP contribution in [0.1, 0.15) is 76.7 Å². The molecule has 1 aromatic rings. The first-order valence-electron chi connectivity index (χ1n) is 8.84. The predicted octanol–water partition coefficient (Wildman–Crippen LogP) is 4.81. The molecule has 5 nitrogen and oxygen atoms in total. The van der Waals surface area contributed by atoms with Gasteiger partial charge >= 0.3 is 5.97 Å². The SMILES string of the molecule is C.CC.COC(C)(C)C.O=CN1CCC(c2ccc(C(=O)O)cc2)CC1. The highest BCUT2D eigenvalue weighted by Crippen LogP contribution is 2.27. The van der Waals surface area contributed by atoms with Gasteiger partial charge in [-0.15, -0.1) is 0 Å². The highest BCUT2D eigenvalue weighted by atomic mass is 16.5. The van der Waals surface area contributed by atoms with E-state index in [-0.39, 0.29) is 13.0 Å². The summed E-state index contributed by atoms with van der Waals surface area (Å²) in [5.41, 5.74) is 1.53. The van der Waals surface area contributed by atoms with Crippen LogP contribution in [-0.2, 0) is 9.53 Å². The lowest BCUT2D eigenvalue weighted by atomic mass is 9.89. The van der Waals surface area contributed by atoms with Crippen molar-refractivity contribution in [2.24, 2.45) is 0 Å². The van der Waals surface area contributed by atoms with Crippen LogP contribution in [0.3, 0.4) is 0 Å². The number of aromatic carboxylic acids is 1. The Morgan fingerprint density at radius 2 is 1.58 bits per heavy atom. The zero-order valence-corrected chi connectivity index (χ0v) is 16.4. The summed E-state index contributed by atoms with van der Waals surface area (Å²) in [5, 5.41) is 8.81. The molecule has 0 radical (unpaired) electrons. The van der Waals surface area contributed by atoms with E-state index in [1.807, 2.05) is 46.8 Å². The monoisotopic (exact) mass is 367 g/mol. The Morgan fingerprint density at radius 1 is 1.15 bits per heavy atom. The molecule has 1 N–H and O–H groups in total. The average Bonchev–Trinajstić information content (AvgIpc) is 2.63. The zero-order valence-electron chi connectivity index (χ0n) is 16.4. The lowest BCUT2D eigenvalue weighted by Gasteiger charge is -2.29. The third-order valence-corrected chi connectivity index (χ3v) is 3.92. The van der Waals surface area contributed by atoms with E-state index in [1.165, 1.54) is 5.56 Å². The number of methoxy groups -OCH3 is 1. The summed E-state index contributed by atoms with van der Waals surface area (Å²) >= 11 is 0. The van der Waals surface area contributed by atoms with Crippen LogP contribution >= 0.6 is 0 Å². The van der Waals surface area contributed by atoms with E-state index < -0.39 is 5.97 Å². The van der Waals surface area contributed by atoms with E-state index in [9.17, 15) is 9.59 Å². The molecule has 0 aliphatic carbocycles. The van der Waals surface area contributed by atoms with Crippen LogP contribution in [0.25, 0.3) is 0 Å². The molecule has 0 bridgehead atoms. The van der Waals surface area contributed by atoms with Crippen molar-refractivity contribution in [1.29, 1.82) is 0 Å². The van der Waals surface area contributed by atoms with Crippen molar-refractivity contribution in [2.45, 2.75) is 66.4 Å². The summed E-state index contributed by atoms with van der Waals surface area (Å²) in [6.07, 6.45) is 2.79. The largest absolute Gasteiger partial charge is 0.478 e. The summed E-state index contributed by atoms with van der Waals surface area (Å²) in [6.45, 7) is 11.6. The van der Waals surface area contributed by atoms with Gasteiger partial charge < -0.3 is 14.7 Å². The molecule has 26 heavy (non-hydrogen) atoms. The fourth-order valence-corrected chi connectivity index (χ4v) is 2.24. The van der Waals surface area contributed by atoms with Gasteiger partial charge in [0.15, 0.2) is 0 Å². The maximum atomic E-state index is 10.7. The minimum atomic E-state index is -0.896. The number of ether oxygens (including phenoxy) is 1. The number of hydrogen-bond donors (Lipinski definition) is 1. The molecule has 1 amide bonds. The van der Waals surface area contributed by atoms with E-state index in [1.54, 1.807) is 24.1 Å². The quantitative estimate of drug-likeness (QED) is 0.778. The number of carbonyl (C=O) groups excluding carboxylic acids is 1. The molecular weight excluding hydrogens is 330 g/mol. The van der Waals surface area contributed by atoms with Gasteiger partial charge in [0.2, 0.25) is 6.41 Å². The number of hydrogen-bond acceptors (Lipinski definition) is 3. The summed E-state index contributed by atoms with van der Waals surface area (Å²) in [5.74, 6) is -0.457. The molecule has 150 valence electrons. The van der Waals surface area contributed by atoms with E-state index in [4.69, 9.17) is 9.84 Å². The Hall–Kier alpha value is -1.88. The molecule has 2 rings (SSSR count). The lowest BCUT2D eigenvalue weighted by molar-refractivity contribution is -0.119. The van der Waals surface area contributed by atoms with E-state index in [0.29, 0.717) is 11.5 Å². The Morgan fingerprint density at radius 3 is 1.88 bits per heavy atom. The number of piperidine rings is 1. The molecule has 5 heteroatoms. The van der Waals surface area contributed by atoms with Crippen LogP contribution in [0.15, 0.2) is 24.3 Å². The number of carboxylic acid groups (broad SMARTS) is 1. The maximum absolute atomic E-state index is 10.7. The van der Waals surface area contributed by atoms with Gasteiger partial charge in [0, 0.05) is 20.2 Å². The average molecular weight is 368 g/mol. The number of carbonyl (C=O) groups is 2. The molecule has 1 aliphatic heterocycles. The Labute approximate surface area is 159 Å². The third kappa shape index (κ3) is 10.2. The predicted molar refractivity (Wildman–Crippen MR) is 108 cm³/mol. The van der Waals surface area contributed by atoms with Crippen LogP contribution in [0.5, 0.6) is 0 Å². The molecular formula is C21H37NO4. The molecule has 0 saturated carbocycles. The summed E-state index contributed by atoms with van der Waals surface area (Å²) < 4.78 is 4.94. The summed E-state index contributed by atoms with van der Waals surface area (Å²) in [4.78, 5) is 23.1. The van der Waals surface area contributed by atoms with Gasteiger partial charge in [-0.3, -0.25) is 4.79 Å². The van der Waals surface area contributed by atoms with Crippen LogP contribution in [-0.4, -0.2) is 48.2 Å². The molecule has 1 fully saturated rings. The van der Waals surface area contributed by atoms with Gasteiger partial charge in [-0.2, -0.15) is 0 Å². The smallest absolute Gasteiger partial charge is 0.335 e. The molecule has 1 heterocycles. The number of rotatable bonds is 3. The Bertz CT molecular complexity index is 498. The highest BCUT2D eigenvalue weighted by Gasteiger charge is 2.19. The van der Waals surface area contributed by atoms with Crippen molar-refractivity contribution < 1.29 is 19.4 Å². The first-order valence-corrected chi connectivity index (χ1v) is 8.84. The fraction of sp³-hybridized carbons (Fsp3) is 0.619. The normalized spacial score (nSPS) is 14.0. The summed E-state index contributed by atoms with van der Waals surface area (Å²) in [6, 6.07) is 7.04. The topological polar surface area (TPSA) is 66.8 Å². The first kappa shape index (κ1) is 26.4. The van der Waals surface area contributed by atoms with Crippen LogP contribution < -0.4 is 0 Å². The van der Waals surface area contributed by atoms with E-state index >= 15 is 0 Å². The van der Waals surface area contributed by atoms with Crippen LogP contribution in [0.2, 0.25) is 0 Å². The molecule has 1 aliphatic rings. The second-order valence-electron chi connectivity index (χ2n) is 6.66. The Balaban J connectivity index is 0. The van der Waals surface area contributed by atoms with Crippen LogP contribution in [0.4, 0.5) is 0 Å². The number of nitrogens with zero attached hydrogens (tertiary/aromatic N) is 1. The second-order valence-corrected chi connectivity index (χ2v) is 6.66. The van der Waals surface area contributed by atoms with E-state index in [0.717, 1.165) is 32.3 Å². The number of amides is 1. The fourth-order valence-electron chi connectivity index (χ4n) is 2.24. The molecule has 0 atom stereocenters. The van der Waals surface area contributed by atoms with Gasteiger partial charge in [0.1, 0.15) is 0 Å². The van der Waals surface area contributed by atoms with Crippen molar-refractivity contribution in [1.82, 2.24) is 4.90 Å². The van der Waals surface area contributed by atoms with Crippen molar-refractivity contribution >= 4 is 12.4 Å². The molecule has 1 saturated heterocycles. The standard InChI is InChI=1S/C13H15NO3.C5H12O.C2H6.CH4/c15-9-14-7-5-11(6-8-14)10-1-3-12(4-2-10)13(16)17;1-5(2,3)6-4;1-2;/h1-4,9,11H,5-8H2,(H,16,17);1-4H3;1-2H3;1H4. The minimum absolute atomic E-state index is 0. The van der Waals surface area contributed by atoms with Gasteiger partial charge in [-0.25, -0.2) is 4.79 Å². The lowest BCUT2D eigenvalue weighted by Crippen LogP contribution is -2.31. The zero-order chi connectivity index (χ0) is 19.5. The number of benzene rings is 1. The van der Waals surface area contributed by atoms with Gasteiger partial charge in [0.05, 0.1) is 11.2 Å². The Kier molecular flexibility index (Phi) is 13.5. The summed E-state index contributed by atoms with van der Waals surface area (Å²) in [7, 11) is 1.71. The third-order valence-electron chi connectivity index (χ3n) is 3.92. The minimum Gasteiger partial charge on any atom is -0.478 e. The van der Waals surface area contributed by atoms with Crippen molar-refractivity contribution in [3.05, 3.63) is 35.4 Å². The van der Waals surface area contributed by atoms with Crippen molar-refractivity contribution in [2.75, 3.05) is 20.2 Å². The van der Waals surface area contributed by atoms with Crippen molar-refractivity contribution in [3.8, 4) is 0 Å². The molecule has 0 unspecified atom stereocenters. The maximum Gasteiger partial charge on any atom is 0.335 e. The molecule has 0 aromatic heterocycles. The highest BCUT2D eigenvalue weighted by molar-refractivity contribution is 5.87. The van der Waals surface area contributed by atoms with Gasteiger partial charge in [-0.05, 0) is 57.2 Å².